The summed E-state index contributed by atoms with van der Waals surface area (Å²) in [4.78, 5) is 0. The van der Waals surface area contributed by atoms with Gasteiger partial charge in [0.1, 0.15) is 0 Å². The quantitative estimate of drug-likeness (QED) is 0.162. The van der Waals surface area contributed by atoms with Gasteiger partial charge in [-0.25, -0.2) is 0 Å². The Labute approximate surface area is 317 Å². The molecule has 2 aliphatic rings. The maximum Gasteiger partial charge on any atom is 0.0165 e. The molecule has 0 unspecified atom stereocenters. The first kappa shape index (κ1) is 31.3. The standard InChI is InChI=1S/C54H40/c1-53(2)46-21-13-12-20-45(46)51-47(53)29-28-44-39-27-26-37(32-48(39)54(3,4)52(44)51)35-22-23-36-31-38(25-24-34(36)30-35)50-42-18-10-8-16-40(42)49(33-14-6-5-7-15-33)41-17-9-11-19-43(41)50/h5-32H,1-4H3. The van der Waals surface area contributed by atoms with Gasteiger partial charge in [0.15, 0.2) is 0 Å². The van der Waals surface area contributed by atoms with E-state index in [0.29, 0.717) is 0 Å². The zero-order valence-electron chi connectivity index (χ0n) is 31.2. The normalized spacial score (nSPS) is 14.6. The van der Waals surface area contributed by atoms with Crippen molar-refractivity contribution in [1.29, 1.82) is 0 Å². The van der Waals surface area contributed by atoms with Crippen molar-refractivity contribution in [2.75, 3.05) is 0 Å². The molecule has 9 aromatic rings. The summed E-state index contributed by atoms with van der Waals surface area (Å²) in [6, 6.07) is 63.7. The van der Waals surface area contributed by atoms with E-state index in [0.717, 1.165) is 0 Å². The molecule has 256 valence electrons. The summed E-state index contributed by atoms with van der Waals surface area (Å²) in [5.41, 5.74) is 18.9. The largest absolute Gasteiger partial charge is 0.0622 e. The molecule has 0 N–H and O–H groups in total. The number of fused-ring (bicyclic) bond motifs is 10. The van der Waals surface area contributed by atoms with Crippen molar-refractivity contribution in [3.05, 3.63) is 192 Å². The molecule has 0 heterocycles. The predicted octanol–water partition coefficient (Wildman–Crippen LogP) is 14.8. The molecule has 0 aromatic heterocycles. The monoisotopic (exact) mass is 688 g/mol. The molecule has 0 radical (unpaired) electrons. The minimum absolute atomic E-state index is 0.00621. The molecule has 9 aromatic carbocycles. The van der Waals surface area contributed by atoms with Crippen molar-refractivity contribution in [3.63, 3.8) is 0 Å². The molecule has 0 bridgehead atoms. The molecule has 0 aliphatic heterocycles. The Morgan fingerprint density at radius 3 is 1.50 bits per heavy atom. The highest BCUT2D eigenvalue weighted by Crippen LogP contribution is 2.59. The highest BCUT2D eigenvalue weighted by atomic mass is 14.5. The van der Waals surface area contributed by atoms with E-state index in [4.69, 9.17) is 0 Å². The van der Waals surface area contributed by atoms with Crippen molar-refractivity contribution >= 4 is 32.3 Å². The maximum absolute atomic E-state index is 2.47. The molecule has 0 atom stereocenters. The summed E-state index contributed by atoms with van der Waals surface area (Å²) in [5, 5.41) is 7.64. The third-order valence-electron chi connectivity index (χ3n) is 12.8. The molecule has 0 saturated heterocycles. The van der Waals surface area contributed by atoms with Gasteiger partial charge in [0.2, 0.25) is 0 Å². The highest BCUT2D eigenvalue weighted by molar-refractivity contribution is 6.21. The first-order valence-corrected chi connectivity index (χ1v) is 19.3. The minimum atomic E-state index is -0.118. The van der Waals surface area contributed by atoms with E-state index < -0.39 is 0 Å². The molecule has 54 heavy (non-hydrogen) atoms. The molecular formula is C54H40. The summed E-state index contributed by atoms with van der Waals surface area (Å²) in [7, 11) is 0. The average Bonchev–Trinajstić information content (AvgIpc) is 3.59. The van der Waals surface area contributed by atoms with Crippen LogP contribution in [0.4, 0.5) is 0 Å². The van der Waals surface area contributed by atoms with Crippen LogP contribution in [0.5, 0.6) is 0 Å². The van der Waals surface area contributed by atoms with Crippen molar-refractivity contribution in [3.8, 4) is 55.6 Å². The molecule has 0 amide bonds. The van der Waals surface area contributed by atoms with Crippen molar-refractivity contribution < 1.29 is 0 Å². The van der Waals surface area contributed by atoms with Gasteiger partial charge < -0.3 is 0 Å². The molecular weight excluding hydrogens is 649 g/mol. The van der Waals surface area contributed by atoms with Crippen molar-refractivity contribution in [2.45, 2.75) is 38.5 Å². The van der Waals surface area contributed by atoms with E-state index in [9.17, 15) is 0 Å². The summed E-state index contributed by atoms with van der Waals surface area (Å²) in [6.07, 6.45) is 0. The summed E-state index contributed by atoms with van der Waals surface area (Å²) in [5.74, 6) is 0. The molecule has 0 nitrogen and oxygen atoms in total. The Morgan fingerprint density at radius 1 is 0.296 bits per heavy atom. The van der Waals surface area contributed by atoms with Crippen LogP contribution in [0.25, 0.3) is 88.0 Å². The Bertz CT molecular complexity index is 2970. The van der Waals surface area contributed by atoms with E-state index in [1.165, 1.54) is 110 Å². The lowest BCUT2D eigenvalue weighted by molar-refractivity contribution is 0.647. The van der Waals surface area contributed by atoms with E-state index in [2.05, 4.69) is 198 Å². The fraction of sp³-hybridized carbons (Fsp3) is 0.111. The molecule has 0 fully saturated rings. The first-order valence-electron chi connectivity index (χ1n) is 19.3. The SMILES string of the molecule is CC1(C)c2ccccc2-c2c1ccc1c2C(C)(C)c2cc(-c3ccc4cc(-c5c6ccccc6c(-c6ccccc6)c6ccccc56)ccc4c3)ccc2-1. The molecule has 11 rings (SSSR count). The van der Waals surface area contributed by atoms with Gasteiger partial charge in [-0.1, -0.05) is 179 Å². The molecule has 0 saturated carbocycles. The van der Waals surface area contributed by atoms with E-state index >= 15 is 0 Å². The van der Waals surface area contributed by atoms with Gasteiger partial charge in [0, 0.05) is 10.8 Å². The lowest BCUT2D eigenvalue weighted by atomic mass is 9.77. The van der Waals surface area contributed by atoms with Crippen LogP contribution in [0.1, 0.15) is 49.9 Å². The maximum atomic E-state index is 2.47. The summed E-state index contributed by atoms with van der Waals surface area (Å²) >= 11 is 0. The van der Waals surface area contributed by atoms with Gasteiger partial charge in [-0.2, -0.15) is 0 Å². The second-order valence-electron chi connectivity index (χ2n) is 16.5. The van der Waals surface area contributed by atoms with Crippen LogP contribution >= 0.6 is 0 Å². The van der Waals surface area contributed by atoms with Gasteiger partial charge in [0.25, 0.3) is 0 Å². The third kappa shape index (κ3) is 4.26. The zero-order valence-corrected chi connectivity index (χ0v) is 31.2. The summed E-state index contributed by atoms with van der Waals surface area (Å²) < 4.78 is 0. The van der Waals surface area contributed by atoms with Gasteiger partial charge in [-0.15, -0.1) is 0 Å². The van der Waals surface area contributed by atoms with E-state index in [1.807, 2.05) is 0 Å². The van der Waals surface area contributed by atoms with Crippen LogP contribution in [0.15, 0.2) is 170 Å². The van der Waals surface area contributed by atoms with Crippen LogP contribution in [0.2, 0.25) is 0 Å². The number of rotatable bonds is 3. The minimum Gasteiger partial charge on any atom is -0.0622 e. The Hall–Kier alpha value is -6.24. The zero-order chi connectivity index (χ0) is 36.3. The second kappa shape index (κ2) is 11.1. The van der Waals surface area contributed by atoms with Gasteiger partial charge in [-0.3, -0.25) is 0 Å². The van der Waals surface area contributed by atoms with Gasteiger partial charge in [0.05, 0.1) is 0 Å². The molecule has 0 spiro atoms. The Kier molecular flexibility index (Phi) is 6.46. The third-order valence-corrected chi connectivity index (χ3v) is 12.8. The smallest absolute Gasteiger partial charge is 0.0165 e. The topological polar surface area (TPSA) is 0 Å². The van der Waals surface area contributed by atoms with Crippen LogP contribution in [-0.2, 0) is 10.8 Å². The van der Waals surface area contributed by atoms with Crippen LogP contribution in [0.3, 0.4) is 0 Å². The van der Waals surface area contributed by atoms with Crippen LogP contribution in [-0.4, -0.2) is 0 Å². The van der Waals surface area contributed by atoms with Crippen LogP contribution < -0.4 is 0 Å². The average molecular weight is 689 g/mol. The number of benzene rings is 9. The summed E-state index contributed by atoms with van der Waals surface area (Å²) in [6.45, 7) is 9.62. The van der Waals surface area contributed by atoms with Crippen LogP contribution in [0, 0.1) is 0 Å². The van der Waals surface area contributed by atoms with Gasteiger partial charge in [-0.05, 0) is 128 Å². The fourth-order valence-electron chi connectivity index (χ4n) is 10.2. The van der Waals surface area contributed by atoms with E-state index in [1.54, 1.807) is 0 Å². The Morgan fingerprint density at radius 2 is 0.815 bits per heavy atom. The second-order valence-corrected chi connectivity index (χ2v) is 16.5. The fourth-order valence-corrected chi connectivity index (χ4v) is 10.2. The number of hydrogen-bond acceptors (Lipinski definition) is 0. The van der Waals surface area contributed by atoms with E-state index in [-0.39, 0.29) is 10.8 Å². The highest BCUT2D eigenvalue weighted by Gasteiger charge is 2.44. The first-order chi connectivity index (χ1) is 26.3. The number of hydrogen-bond donors (Lipinski definition) is 0. The van der Waals surface area contributed by atoms with Crippen molar-refractivity contribution in [1.82, 2.24) is 0 Å². The van der Waals surface area contributed by atoms with Crippen molar-refractivity contribution in [2.24, 2.45) is 0 Å². The van der Waals surface area contributed by atoms with Gasteiger partial charge >= 0.3 is 0 Å². The lowest BCUT2D eigenvalue weighted by Crippen LogP contribution is -2.18. The lowest BCUT2D eigenvalue weighted by Gasteiger charge is -2.26. The molecule has 2 aliphatic carbocycles. The Balaban J connectivity index is 1.02. The predicted molar refractivity (Wildman–Crippen MR) is 230 cm³/mol. The molecule has 0 heteroatoms.